The largest absolute Gasteiger partial charge is 0.384 e. The Labute approximate surface area is 206 Å². The highest BCUT2D eigenvalue weighted by atomic mass is 32.2. The number of hydrogen-bond acceptors (Lipinski definition) is 5. The van der Waals surface area contributed by atoms with Crippen molar-refractivity contribution in [1.29, 1.82) is 5.41 Å². The number of nitrogen functional groups attached to an aromatic ring is 1. The lowest BCUT2D eigenvalue weighted by molar-refractivity contribution is -0.123. The fourth-order valence-corrected chi connectivity index (χ4v) is 6.40. The molecule has 0 aromatic heterocycles. The Balaban J connectivity index is 1.72. The van der Waals surface area contributed by atoms with E-state index in [4.69, 9.17) is 16.9 Å². The molecule has 1 atom stereocenters. The van der Waals surface area contributed by atoms with Gasteiger partial charge in [0.05, 0.1) is 4.90 Å². The molecular weight excluding hydrogens is 460 g/mol. The minimum atomic E-state index is -4.29. The van der Waals surface area contributed by atoms with Crippen LogP contribution in [0.1, 0.15) is 43.2 Å². The van der Waals surface area contributed by atoms with Crippen LogP contribution in [0.3, 0.4) is 0 Å². The minimum absolute atomic E-state index is 0.00533. The molecule has 3 aromatic rings. The summed E-state index contributed by atoms with van der Waals surface area (Å²) in [4.78, 5) is 11.3. The Kier molecular flexibility index (Phi) is 7.23. The molecule has 1 aliphatic carbocycles. The number of carbonyl (C=O) groups is 1. The van der Waals surface area contributed by atoms with Crippen molar-refractivity contribution in [2.45, 2.75) is 48.3 Å². The van der Waals surface area contributed by atoms with E-state index < -0.39 is 20.6 Å². The van der Waals surface area contributed by atoms with Gasteiger partial charge in [-0.1, -0.05) is 67.8 Å². The van der Waals surface area contributed by atoms with Gasteiger partial charge in [0, 0.05) is 18.5 Å². The lowest BCUT2D eigenvalue weighted by Crippen LogP contribution is -2.61. The monoisotopic (exact) mass is 492 g/mol. The van der Waals surface area contributed by atoms with Crippen molar-refractivity contribution >= 4 is 32.4 Å². The van der Waals surface area contributed by atoms with Gasteiger partial charge in [-0.2, -0.15) is 0 Å². The van der Waals surface area contributed by atoms with Gasteiger partial charge in [-0.05, 0) is 53.3 Å². The van der Waals surface area contributed by atoms with Gasteiger partial charge < -0.3 is 16.8 Å². The van der Waals surface area contributed by atoms with E-state index in [1.165, 1.54) is 12.5 Å². The molecule has 1 fully saturated rings. The van der Waals surface area contributed by atoms with Gasteiger partial charge in [0.2, 0.25) is 14.7 Å². The number of carbonyl (C=O) groups excluding carboxylic acids is 1. The van der Waals surface area contributed by atoms with Gasteiger partial charge >= 0.3 is 0 Å². The summed E-state index contributed by atoms with van der Waals surface area (Å²) in [5.41, 5.74) is 13.2. The smallest absolute Gasteiger partial charge is 0.256 e. The molecule has 7 nitrogen and oxygen atoms in total. The zero-order valence-corrected chi connectivity index (χ0v) is 20.5. The van der Waals surface area contributed by atoms with Gasteiger partial charge in [0.25, 0.3) is 5.91 Å². The normalized spacial score (nSPS) is 16.5. The van der Waals surface area contributed by atoms with Crippen LogP contribution in [-0.2, 0) is 21.1 Å². The highest BCUT2D eigenvalue weighted by Gasteiger charge is 2.48. The van der Waals surface area contributed by atoms with E-state index >= 15 is 0 Å². The predicted octanol–water partition coefficient (Wildman–Crippen LogP) is 3.49. The summed E-state index contributed by atoms with van der Waals surface area (Å²) in [6.07, 6.45) is 5.18. The molecule has 0 heterocycles. The van der Waals surface area contributed by atoms with Crippen LogP contribution in [0.15, 0.2) is 71.6 Å². The maximum atomic E-state index is 14.0. The molecule has 4 rings (SSSR count). The Hall–Kier alpha value is -3.23. The number of nitrogens with two attached hydrogens (primary N) is 2. The number of hydrogen-bond donors (Lipinski definition) is 4. The van der Waals surface area contributed by atoms with Gasteiger partial charge in [-0.15, -0.1) is 0 Å². The van der Waals surface area contributed by atoms with Crippen LogP contribution in [0.25, 0.3) is 10.8 Å². The van der Waals surface area contributed by atoms with Crippen LogP contribution in [0.4, 0.5) is 0 Å². The first-order valence-corrected chi connectivity index (χ1v) is 13.4. The Bertz CT molecular complexity index is 1350. The molecule has 0 spiro atoms. The maximum absolute atomic E-state index is 14.0. The number of fused-ring (bicyclic) bond motifs is 1. The van der Waals surface area contributed by atoms with E-state index in [0.717, 1.165) is 36.5 Å². The lowest BCUT2D eigenvalue weighted by atomic mass is 9.89. The predicted molar refractivity (Wildman–Crippen MR) is 139 cm³/mol. The van der Waals surface area contributed by atoms with Crippen LogP contribution in [0.5, 0.6) is 0 Å². The van der Waals surface area contributed by atoms with Gasteiger partial charge in [0.1, 0.15) is 5.84 Å². The minimum Gasteiger partial charge on any atom is -0.384 e. The van der Waals surface area contributed by atoms with Gasteiger partial charge in [-0.3, -0.25) is 10.2 Å². The van der Waals surface area contributed by atoms with Gasteiger partial charge in [0.15, 0.2) is 0 Å². The molecule has 8 heteroatoms. The lowest BCUT2D eigenvalue weighted by Gasteiger charge is -2.30. The zero-order valence-electron chi connectivity index (χ0n) is 19.7. The molecule has 1 aliphatic rings. The van der Waals surface area contributed by atoms with Crippen LogP contribution in [0, 0.1) is 11.3 Å². The van der Waals surface area contributed by atoms with Crippen molar-refractivity contribution in [1.82, 2.24) is 5.32 Å². The van der Waals surface area contributed by atoms with Crippen molar-refractivity contribution in [2.24, 2.45) is 17.4 Å². The van der Waals surface area contributed by atoms with E-state index in [0.29, 0.717) is 23.6 Å². The highest BCUT2D eigenvalue weighted by Crippen LogP contribution is 2.29. The SMILES string of the molecule is N=C(N)c1cccc(C[C@](N)(C(=O)NCC2CCCCC2)S(=O)(=O)c2ccc3ccccc3c2)c1. The topological polar surface area (TPSA) is 139 Å². The Morgan fingerprint density at radius 3 is 2.40 bits per heavy atom. The van der Waals surface area contributed by atoms with Crippen LogP contribution in [0.2, 0.25) is 0 Å². The molecular formula is C27H32N4O3S. The molecule has 0 aliphatic heterocycles. The molecule has 0 radical (unpaired) electrons. The average Bonchev–Trinajstić information content (AvgIpc) is 2.87. The van der Waals surface area contributed by atoms with Crippen molar-refractivity contribution in [3.8, 4) is 0 Å². The van der Waals surface area contributed by atoms with Gasteiger partial charge in [-0.25, -0.2) is 8.42 Å². The van der Waals surface area contributed by atoms with E-state index in [9.17, 15) is 13.2 Å². The summed E-state index contributed by atoms with van der Waals surface area (Å²) in [6.45, 7) is 0.401. The van der Waals surface area contributed by atoms with E-state index in [2.05, 4.69) is 5.32 Å². The molecule has 0 bridgehead atoms. The van der Waals surface area contributed by atoms with E-state index in [-0.39, 0.29) is 17.2 Å². The van der Waals surface area contributed by atoms with Crippen LogP contribution in [-0.4, -0.2) is 31.6 Å². The molecule has 1 amide bonds. The summed E-state index contributed by atoms with van der Waals surface area (Å²) in [7, 11) is -4.29. The number of sulfone groups is 1. The second-order valence-corrected chi connectivity index (χ2v) is 11.6. The first-order valence-electron chi connectivity index (χ1n) is 11.9. The second-order valence-electron chi connectivity index (χ2n) is 9.41. The van der Waals surface area contributed by atoms with Crippen molar-refractivity contribution in [2.75, 3.05) is 6.54 Å². The highest BCUT2D eigenvalue weighted by molar-refractivity contribution is 7.93. The number of amidine groups is 1. The zero-order chi connectivity index (χ0) is 25.1. The summed E-state index contributed by atoms with van der Waals surface area (Å²) >= 11 is 0. The number of nitrogens with one attached hydrogen (secondary N) is 2. The summed E-state index contributed by atoms with van der Waals surface area (Å²) in [6, 6.07) is 18.8. The summed E-state index contributed by atoms with van der Waals surface area (Å²) < 4.78 is 27.9. The quantitative estimate of drug-likeness (QED) is 0.282. The number of rotatable bonds is 8. The van der Waals surface area contributed by atoms with Crippen LogP contribution < -0.4 is 16.8 Å². The summed E-state index contributed by atoms with van der Waals surface area (Å²) in [5.74, 6) is -0.542. The third kappa shape index (κ3) is 5.23. The molecule has 35 heavy (non-hydrogen) atoms. The molecule has 3 aromatic carbocycles. The molecule has 6 N–H and O–H groups in total. The Morgan fingerprint density at radius 1 is 0.971 bits per heavy atom. The third-order valence-corrected chi connectivity index (χ3v) is 9.04. The molecule has 1 saturated carbocycles. The third-order valence-electron chi connectivity index (χ3n) is 6.88. The molecule has 0 saturated heterocycles. The van der Waals surface area contributed by atoms with Crippen molar-refractivity contribution in [3.63, 3.8) is 0 Å². The standard InChI is InChI=1S/C27H32N4O3S/c28-25(29)23-12-6-9-20(15-23)17-27(30,26(32)31-18-19-7-2-1-3-8-19)35(33,34)24-14-13-21-10-4-5-11-22(21)16-24/h4-6,9-16,19H,1-3,7-8,17-18,30H2,(H3,28,29)(H,31,32)/t27-/m1/s1. The number of benzene rings is 3. The first kappa shape index (κ1) is 24.9. The fraction of sp³-hybridized carbons (Fsp3) is 0.333. The van der Waals surface area contributed by atoms with E-state index in [1.54, 1.807) is 36.4 Å². The maximum Gasteiger partial charge on any atom is 0.256 e. The van der Waals surface area contributed by atoms with Crippen molar-refractivity contribution in [3.05, 3.63) is 77.9 Å². The molecule has 184 valence electrons. The summed E-state index contributed by atoms with van der Waals surface area (Å²) in [5, 5.41) is 12.2. The number of amides is 1. The van der Waals surface area contributed by atoms with Crippen LogP contribution >= 0.6 is 0 Å². The van der Waals surface area contributed by atoms with Crippen molar-refractivity contribution < 1.29 is 13.2 Å². The van der Waals surface area contributed by atoms with E-state index in [1.807, 2.05) is 24.3 Å². The Morgan fingerprint density at radius 2 is 1.69 bits per heavy atom. The fourth-order valence-electron chi connectivity index (χ4n) is 4.77. The first-order chi connectivity index (χ1) is 16.7. The average molecular weight is 493 g/mol. The molecule has 0 unspecified atom stereocenters. The second kappa shape index (κ2) is 10.2.